The largest absolute Gasteiger partial charge is 0.365 e. The summed E-state index contributed by atoms with van der Waals surface area (Å²) < 4.78 is 1.11. The molecule has 0 aliphatic heterocycles. The van der Waals surface area contributed by atoms with Crippen LogP contribution in [-0.2, 0) is 6.42 Å². The minimum atomic E-state index is -0.0930. The van der Waals surface area contributed by atoms with E-state index in [4.69, 9.17) is 0 Å². The molecule has 0 bridgehead atoms. The number of benzene rings is 2. The Bertz CT molecular complexity index is 699. The normalized spacial score (nSPS) is 11.2. The molecular formula is C18H20IN3OS. The Hall–Kier alpha value is -1.54. The molecule has 2 N–H and O–H groups in total. The number of aliphatic imine (C=N–C) groups is 1. The highest BCUT2D eigenvalue weighted by molar-refractivity contribution is 14.1. The van der Waals surface area contributed by atoms with Gasteiger partial charge in [0.1, 0.15) is 0 Å². The molecule has 0 saturated heterocycles. The Morgan fingerprint density at radius 1 is 1.12 bits per heavy atom. The van der Waals surface area contributed by atoms with Gasteiger partial charge in [0.25, 0.3) is 5.91 Å². The number of carbonyl (C=O) groups excluding carboxylic acids is 1. The maximum Gasteiger partial charge on any atom is 0.255 e. The van der Waals surface area contributed by atoms with E-state index in [-0.39, 0.29) is 5.91 Å². The second kappa shape index (κ2) is 9.68. The Labute approximate surface area is 160 Å². The van der Waals surface area contributed by atoms with E-state index in [1.807, 2.05) is 54.8 Å². The third kappa shape index (κ3) is 5.83. The molecule has 0 heterocycles. The van der Waals surface area contributed by atoms with Gasteiger partial charge in [0.15, 0.2) is 5.17 Å². The molecule has 0 aliphatic rings. The van der Waals surface area contributed by atoms with Gasteiger partial charge in [-0.25, -0.2) is 0 Å². The van der Waals surface area contributed by atoms with Crippen LogP contribution in [0.4, 0.5) is 5.69 Å². The molecule has 0 radical (unpaired) electrons. The zero-order chi connectivity index (χ0) is 17.4. The van der Waals surface area contributed by atoms with Crippen molar-refractivity contribution in [3.63, 3.8) is 0 Å². The average Bonchev–Trinajstić information content (AvgIpc) is 2.60. The van der Waals surface area contributed by atoms with Gasteiger partial charge in [-0.05, 0) is 77.2 Å². The number of hydrogen-bond donors (Lipinski definition) is 2. The smallest absolute Gasteiger partial charge is 0.255 e. The number of hydrogen-bond acceptors (Lipinski definition) is 3. The van der Waals surface area contributed by atoms with Crippen LogP contribution in [0.25, 0.3) is 0 Å². The minimum Gasteiger partial charge on any atom is -0.365 e. The van der Waals surface area contributed by atoms with Crippen molar-refractivity contribution in [2.75, 3.05) is 25.2 Å². The maximum atomic E-state index is 12.2. The van der Waals surface area contributed by atoms with Crippen LogP contribution in [0.5, 0.6) is 0 Å². The van der Waals surface area contributed by atoms with Crippen molar-refractivity contribution >= 4 is 51.1 Å². The highest BCUT2D eigenvalue weighted by Gasteiger charge is 2.05. The topological polar surface area (TPSA) is 53.5 Å². The molecule has 6 heteroatoms. The number of nitrogens with one attached hydrogen (secondary N) is 2. The second-order valence-electron chi connectivity index (χ2n) is 5.07. The Morgan fingerprint density at radius 2 is 1.79 bits per heavy atom. The van der Waals surface area contributed by atoms with Gasteiger partial charge in [0.05, 0.1) is 0 Å². The SMILES string of the molecule is C/N=C(/NCCc1ccc(NC(=O)c2ccc(I)cc2)cc1)SC. The highest BCUT2D eigenvalue weighted by Crippen LogP contribution is 2.13. The van der Waals surface area contributed by atoms with Crippen molar-refractivity contribution in [3.05, 3.63) is 63.2 Å². The predicted octanol–water partition coefficient (Wildman–Crippen LogP) is 4.02. The third-order valence-electron chi connectivity index (χ3n) is 3.40. The first-order valence-corrected chi connectivity index (χ1v) is 9.83. The molecule has 1 amide bonds. The van der Waals surface area contributed by atoms with Crippen molar-refractivity contribution in [1.82, 2.24) is 5.32 Å². The summed E-state index contributed by atoms with van der Waals surface area (Å²) in [7, 11) is 1.78. The Morgan fingerprint density at radius 3 is 2.38 bits per heavy atom. The zero-order valence-electron chi connectivity index (χ0n) is 13.7. The van der Waals surface area contributed by atoms with Crippen LogP contribution >= 0.6 is 34.4 Å². The van der Waals surface area contributed by atoms with Crippen LogP contribution in [0.3, 0.4) is 0 Å². The summed E-state index contributed by atoms with van der Waals surface area (Å²) in [5, 5.41) is 7.14. The molecule has 0 fully saturated rings. The van der Waals surface area contributed by atoms with Crippen LogP contribution in [0, 0.1) is 3.57 Å². The van der Waals surface area contributed by atoms with Gasteiger partial charge < -0.3 is 10.6 Å². The summed E-state index contributed by atoms with van der Waals surface area (Å²) in [6.07, 6.45) is 2.91. The van der Waals surface area contributed by atoms with Crippen LogP contribution in [-0.4, -0.2) is 30.9 Å². The van der Waals surface area contributed by atoms with Gasteiger partial charge in [-0.1, -0.05) is 23.9 Å². The van der Waals surface area contributed by atoms with Gasteiger partial charge in [0.2, 0.25) is 0 Å². The van der Waals surface area contributed by atoms with Gasteiger partial charge >= 0.3 is 0 Å². The number of halogens is 1. The van der Waals surface area contributed by atoms with Crippen LogP contribution in [0.1, 0.15) is 15.9 Å². The summed E-state index contributed by atoms with van der Waals surface area (Å²) in [5.41, 5.74) is 2.67. The molecule has 0 aromatic heterocycles. The zero-order valence-corrected chi connectivity index (χ0v) is 16.6. The molecule has 0 spiro atoms. The van der Waals surface area contributed by atoms with E-state index in [1.165, 1.54) is 5.56 Å². The molecule has 2 aromatic carbocycles. The number of nitrogens with zero attached hydrogens (tertiary/aromatic N) is 1. The van der Waals surface area contributed by atoms with Crippen LogP contribution in [0.15, 0.2) is 53.5 Å². The van der Waals surface area contributed by atoms with Gasteiger partial charge in [-0.15, -0.1) is 0 Å². The number of thioether (sulfide) groups is 1. The first kappa shape index (κ1) is 18.8. The van der Waals surface area contributed by atoms with E-state index >= 15 is 0 Å². The summed E-state index contributed by atoms with van der Waals surface area (Å²) in [6, 6.07) is 15.4. The molecule has 0 atom stereocenters. The quantitative estimate of drug-likeness (QED) is 0.409. The minimum absolute atomic E-state index is 0.0930. The van der Waals surface area contributed by atoms with E-state index in [9.17, 15) is 4.79 Å². The standard InChI is InChI=1S/C18H20IN3OS/c1-20-18(24-2)21-12-11-13-3-9-16(10-4-13)22-17(23)14-5-7-15(19)8-6-14/h3-10H,11-12H2,1-2H3,(H,20,21)(H,22,23). The fraction of sp³-hybridized carbons (Fsp3) is 0.222. The molecule has 0 aliphatic carbocycles. The van der Waals surface area contributed by atoms with Crippen molar-refractivity contribution in [2.45, 2.75) is 6.42 Å². The second-order valence-corrected chi connectivity index (χ2v) is 7.11. The number of carbonyl (C=O) groups is 1. The fourth-order valence-corrected chi connectivity index (χ4v) is 2.90. The third-order valence-corrected chi connectivity index (χ3v) is 4.84. The lowest BCUT2D eigenvalue weighted by Crippen LogP contribution is -2.22. The van der Waals surface area contributed by atoms with Gasteiger partial charge in [-0.2, -0.15) is 0 Å². The van der Waals surface area contributed by atoms with Crippen molar-refractivity contribution in [3.8, 4) is 0 Å². The van der Waals surface area contributed by atoms with E-state index in [0.29, 0.717) is 5.56 Å². The summed E-state index contributed by atoms with van der Waals surface area (Å²) in [6.45, 7) is 0.835. The first-order chi connectivity index (χ1) is 11.6. The van der Waals surface area contributed by atoms with E-state index in [2.05, 4.69) is 38.2 Å². The van der Waals surface area contributed by atoms with Gasteiger partial charge in [0, 0.05) is 28.4 Å². The summed E-state index contributed by atoms with van der Waals surface area (Å²) in [5.74, 6) is -0.0930. The van der Waals surface area contributed by atoms with Gasteiger partial charge in [-0.3, -0.25) is 9.79 Å². The lowest BCUT2D eigenvalue weighted by atomic mass is 10.1. The van der Waals surface area contributed by atoms with E-state index in [0.717, 1.165) is 27.4 Å². The molecule has 24 heavy (non-hydrogen) atoms. The molecule has 126 valence electrons. The molecule has 0 saturated carbocycles. The monoisotopic (exact) mass is 453 g/mol. The first-order valence-electron chi connectivity index (χ1n) is 7.53. The number of anilines is 1. The number of amides is 1. The average molecular weight is 453 g/mol. The number of amidine groups is 1. The van der Waals surface area contributed by atoms with Crippen molar-refractivity contribution in [1.29, 1.82) is 0 Å². The van der Waals surface area contributed by atoms with Crippen LogP contribution in [0.2, 0.25) is 0 Å². The summed E-state index contributed by atoms with van der Waals surface area (Å²) >= 11 is 3.83. The molecule has 4 nitrogen and oxygen atoms in total. The lowest BCUT2D eigenvalue weighted by molar-refractivity contribution is 0.102. The molecule has 0 unspecified atom stereocenters. The predicted molar refractivity (Wildman–Crippen MR) is 112 cm³/mol. The van der Waals surface area contributed by atoms with E-state index < -0.39 is 0 Å². The fourth-order valence-electron chi connectivity index (χ4n) is 2.12. The number of rotatable bonds is 5. The molecular weight excluding hydrogens is 433 g/mol. The van der Waals surface area contributed by atoms with Crippen LogP contribution < -0.4 is 10.6 Å². The molecule has 2 rings (SSSR count). The van der Waals surface area contributed by atoms with Crippen molar-refractivity contribution < 1.29 is 4.79 Å². The maximum absolute atomic E-state index is 12.2. The molecule has 2 aromatic rings. The Kier molecular flexibility index (Phi) is 7.58. The lowest BCUT2D eigenvalue weighted by Gasteiger charge is -2.08. The summed E-state index contributed by atoms with van der Waals surface area (Å²) in [4.78, 5) is 16.3. The Balaban J connectivity index is 1.87. The van der Waals surface area contributed by atoms with Crippen molar-refractivity contribution in [2.24, 2.45) is 4.99 Å². The highest BCUT2D eigenvalue weighted by atomic mass is 127. The van der Waals surface area contributed by atoms with E-state index in [1.54, 1.807) is 18.8 Å².